The number of aliphatic hydroxyl groups is 1. The van der Waals surface area contributed by atoms with Gasteiger partial charge in [0.2, 0.25) is 0 Å². The summed E-state index contributed by atoms with van der Waals surface area (Å²) in [5.41, 5.74) is 5.95. The van der Waals surface area contributed by atoms with Gasteiger partial charge >= 0.3 is 0 Å². The Balaban J connectivity index is 1.58. The van der Waals surface area contributed by atoms with Crippen molar-refractivity contribution in [2.75, 3.05) is 13.1 Å². The molecule has 3 unspecified atom stereocenters. The summed E-state index contributed by atoms with van der Waals surface area (Å²) in [5, 5.41) is 9.91. The van der Waals surface area contributed by atoms with Crippen molar-refractivity contribution in [2.45, 2.75) is 56.7 Å². The number of nitrogens with zero attached hydrogens (tertiary/aromatic N) is 1. The fourth-order valence-corrected chi connectivity index (χ4v) is 4.04. The quantitative estimate of drug-likeness (QED) is 0.697. The number of nitrogens with two attached hydrogens (primary N) is 1. The third kappa shape index (κ3) is 1.89. The highest BCUT2D eigenvalue weighted by molar-refractivity contribution is 4.96. The van der Waals surface area contributed by atoms with Gasteiger partial charge in [-0.2, -0.15) is 0 Å². The minimum absolute atomic E-state index is 0.0131. The van der Waals surface area contributed by atoms with Crippen LogP contribution >= 0.6 is 0 Å². The first kappa shape index (κ1) is 11.0. The van der Waals surface area contributed by atoms with Crippen molar-refractivity contribution in [1.82, 2.24) is 4.90 Å². The molecular weight excluding hydrogens is 200 g/mol. The topological polar surface area (TPSA) is 49.5 Å². The summed E-state index contributed by atoms with van der Waals surface area (Å²) in [6, 6.07) is 1.21. The van der Waals surface area contributed by atoms with E-state index in [0.29, 0.717) is 12.0 Å². The molecule has 3 heteroatoms. The van der Waals surface area contributed by atoms with Crippen LogP contribution in [0.1, 0.15) is 38.5 Å². The van der Waals surface area contributed by atoms with Crippen molar-refractivity contribution in [3.63, 3.8) is 0 Å². The highest BCUT2D eigenvalue weighted by Gasteiger charge is 2.43. The van der Waals surface area contributed by atoms with Gasteiger partial charge < -0.3 is 10.8 Å². The molecule has 3 rings (SSSR count). The summed E-state index contributed by atoms with van der Waals surface area (Å²) < 4.78 is 0. The standard InChI is InChI=1S/C13H24N2O/c14-10-2-4-11(5-3-10)15-7-9-1-6-13(16)12(9)8-15/h9-13,16H,1-8,14H2. The van der Waals surface area contributed by atoms with Crippen LogP contribution in [0.2, 0.25) is 0 Å². The number of fused-ring (bicyclic) bond motifs is 1. The molecule has 1 heterocycles. The molecule has 0 aromatic rings. The van der Waals surface area contributed by atoms with Crippen LogP contribution in [0, 0.1) is 11.8 Å². The largest absolute Gasteiger partial charge is 0.393 e. The molecule has 3 aliphatic rings. The van der Waals surface area contributed by atoms with E-state index >= 15 is 0 Å². The molecule has 1 saturated heterocycles. The lowest BCUT2D eigenvalue weighted by molar-refractivity contribution is 0.110. The molecule has 3 nitrogen and oxygen atoms in total. The Morgan fingerprint density at radius 1 is 0.938 bits per heavy atom. The summed E-state index contributed by atoms with van der Waals surface area (Å²) in [6.07, 6.45) is 7.21. The predicted molar refractivity (Wildman–Crippen MR) is 64.0 cm³/mol. The second kappa shape index (κ2) is 4.28. The molecule has 16 heavy (non-hydrogen) atoms. The van der Waals surface area contributed by atoms with Crippen molar-refractivity contribution in [3.8, 4) is 0 Å². The Morgan fingerprint density at radius 3 is 2.38 bits per heavy atom. The van der Waals surface area contributed by atoms with E-state index in [1.165, 1.54) is 38.6 Å². The van der Waals surface area contributed by atoms with Crippen molar-refractivity contribution >= 4 is 0 Å². The zero-order valence-electron chi connectivity index (χ0n) is 10.0. The van der Waals surface area contributed by atoms with Crippen LogP contribution in [-0.2, 0) is 0 Å². The lowest BCUT2D eigenvalue weighted by Crippen LogP contribution is -2.40. The summed E-state index contributed by atoms with van der Waals surface area (Å²) in [6.45, 7) is 2.38. The molecule has 2 saturated carbocycles. The van der Waals surface area contributed by atoms with Gasteiger partial charge in [0, 0.05) is 31.1 Å². The molecule has 0 spiro atoms. The van der Waals surface area contributed by atoms with Gasteiger partial charge in [-0.25, -0.2) is 0 Å². The van der Waals surface area contributed by atoms with Gasteiger partial charge in [0.15, 0.2) is 0 Å². The van der Waals surface area contributed by atoms with Crippen molar-refractivity contribution in [2.24, 2.45) is 17.6 Å². The van der Waals surface area contributed by atoms with Gasteiger partial charge in [-0.1, -0.05) is 0 Å². The summed E-state index contributed by atoms with van der Waals surface area (Å²) in [5.74, 6) is 1.36. The van der Waals surface area contributed by atoms with E-state index in [0.717, 1.165) is 24.9 Å². The summed E-state index contributed by atoms with van der Waals surface area (Å²) >= 11 is 0. The zero-order valence-corrected chi connectivity index (χ0v) is 10.0. The third-order valence-corrected chi connectivity index (χ3v) is 5.11. The minimum Gasteiger partial charge on any atom is -0.393 e. The number of hydrogen-bond acceptors (Lipinski definition) is 3. The maximum absolute atomic E-state index is 9.91. The van der Waals surface area contributed by atoms with Crippen LogP contribution in [0.25, 0.3) is 0 Å². The number of rotatable bonds is 1. The fraction of sp³-hybridized carbons (Fsp3) is 1.00. The Kier molecular flexibility index (Phi) is 2.94. The molecule has 3 N–H and O–H groups in total. The van der Waals surface area contributed by atoms with Crippen LogP contribution in [0.5, 0.6) is 0 Å². The fourth-order valence-electron chi connectivity index (χ4n) is 4.04. The number of likely N-dealkylation sites (tertiary alicyclic amines) is 1. The smallest absolute Gasteiger partial charge is 0.0583 e. The molecule has 0 bridgehead atoms. The van der Waals surface area contributed by atoms with E-state index in [-0.39, 0.29) is 6.10 Å². The van der Waals surface area contributed by atoms with E-state index in [1.807, 2.05) is 0 Å². The Bertz CT molecular complexity index is 250. The molecule has 2 aliphatic carbocycles. The Labute approximate surface area is 98.0 Å². The molecule has 0 aromatic heterocycles. The maximum atomic E-state index is 9.91. The summed E-state index contributed by atoms with van der Waals surface area (Å²) in [4.78, 5) is 2.64. The first-order chi connectivity index (χ1) is 7.74. The SMILES string of the molecule is NC1CCC(N2CC3CCC(O)C3C2)CC1. The van der Waals surface area contributed by atoms with Crippen LogP contribution in [0.4, 0.5) is 0 Å². The van der Waals surface area contributed by atoms with Crippen LogP contribution in [0.3, 0.4) is 0 Å². The molecule has 1 aliphatic heterocycles. The van der Waals surface area contributed by atoms with Crippen molar-refractivity contribution in [3.05, 3.63) is 0 Å². The van der Waals surface area contributed by atoms with E-state index in [1.54, 1.807) is 0 Å². The highest BCUT2D eigenvalue weighted by atomic mass is 16.3. The third-order valence-electron chi connectivity index (χ3n) is 5.11. The van der Waals surface area contributed by atoms with E-state index < -0.39 is 0 Å². The second-order valence-electron chi connectivity index (χ2n) is 6.09. The zero-order chi connectivity index (χ0) is 11.1. The molecule has 0 aromatic carbocycles. The number of aliphatic hydroxyl groups excluding tert-OH is 1. The monoisotopic (exact) mass is 224 g/mol. The lowest BCUT2D eigenvalue weighted by Gasteiger charge is -2.34. The summed E-state index contributed by atoms with van der Waals surface area (Å²) in [7, 11) is 0. The number of hydrogen-bond donors (Lipinski definition) is 2. The van der Waals surface area contributed by atoms with Gasteiger partial charge in [0.05, 0.1) is 6.10 Å². The van der Waals surface area contributed by atoms with Crippen molar-refractivity contribution in [1.29, 1.82) is 0 Å². The molecule has 92 valence electrons. The van der Waals surface area contributed by atoms with E-state index in [4.69, 9.17) is 5.73 Å². The van der Waals surface area contributed by atoms with Gasteiger partial charge in [-0.05, 0) is 44.4 Å². The predicted octanol–water partition coefficient (Wildman–Crippen LogP) is 0.959. The van der Waals surface area contributed by atoms with Crippen LogP contribution in [-0.4, -0.2) is 41.3 Å². The minimum atomic E-state index is -0.0131. The molecule has 0 radical (unpaired) electrons. The van der Waals surface area contributed by atoms with Crippen LogP contribution < -0.4 is 5.73 Å². The average Bonchev–Trinajstić information content (AvgIpc) is 2.83. The van der Waals surface area contributed by atoms with Gasteiger partial charge in [-0.3, -0.25) is 4.90 Å². The molecule has 3 fully saturated rings. The van der Waals surface area contributed by atoms with E-state index in [2.05, 4.69) is 4.90 Å². The molecule has 3 atom stereocenters. The first-order valence-corrected chi connectivity index (χ1v) is 6.91. The normalized spacial score (nSPS) is 49.5. The van der Waals surface area contributed by atoms with Gasteiger partial charge in [0.1, 0.15) is 0 Å². The average molecular weight is 224 g/mol. The maximum Gasteiger partial charge on any atom is 0.0583 e. The second-order valence-corrected chi connectivity index (χ2v) is 6.09. The first-order valence-electron chi connectivity index (χ1n) is 6.91. The Hall–Kier alpha value is -0.120. The van der Waals surface area contributed by atoms with Crippen LogP contribution in [0.15, 0.2) is 0 Å². The lowest BCUT2D eigenvalue weighted by atomic mass is 9.91. The molecular formula is C13H24N2O. The molecule has 0 amide bonds. The van der Waals surface area contributed by atoms with Crippen molar-refractivity contribution < 1.29 is 5.11 Å². The Morgan fingerprint density at radius 2 is 1.69 bits per heavy atom. The highest BCUT2D eigenvalue weighted by Crippen LogP contribution is 2.40. The van der Waals surface area contributed by atoms with E-state index in [9.17, 15) is 5.11 Å². The van der Waals surface area contributed by atoms with Gasteiger partial charge in [0.25, 0.3) is 0 Å². The van der Waals surface area contributed by atoms with Gasteiger partial charge in [-0.15, -0.1) is 0 Å².